The molecule has 0 aliphatic carbocycles. The van der Waals surface area contributed by atoms with Crippen LogP contribution in [-0.2, 0) is 0 Å². The van der Waals surface area contributed by atoms with E-state index < -0.39 is 0 Å². The molecule has 1 saturated heterocycles. The molecule has 2 N–H and O–H groups in total. The van der Waals surface area contributed by atoms with E-state index in [9.17, 15) is 9.18 Å². The summed E-state index contributed by atoms with van der Waals surface area (Å²) >= 11 is 0. The van der Waals surface area contributed by atoms with Gasteiger partial charge in [-0.2, -0.15) is 5.10 Å². The molecule has 0 radical (unpaired) electrons. The van der Waals surface area contributed by atoms with Gasteiger partial charge < -0.3 is 20.3 Å². The summed E-state index contributed by atoms with van der Waals surface area (Å²) in [4.78, 5) is 15.1. The van der Waals surface area contributed by atoms with Crippen LogP contribution in [0.25, 0.3) is 0 Å². The first-order valence-corrected chi connectivity index (χ1v) is 11.4. The number of anilines is 4. The molecule has 0 atom stereocenters. The molecular formula is C27H24FN5O2. The third-order valence-corrected chi connectivity index (χ3v) is 5.67. The molecule has 1 aromatic heterocycles. The maximum absolute atomic E-state index is 13.1. The number of hydrogen-bond acceptors (Lipinski definition) is 6. The third kappa shape index (κ3) is 5.73. The average molecular weight is 470 g/mol. The number of halogens is 1. The van der Waals surface area contributed by atoms with Crippen molar-refractivity contribution in [1.82, 2.24) is 10.2 Å². The van der Waals surface area contributed by atoms with Crippen molar-refractivity contribution in [1.29, 1.82) is 0 Å². The second-order valence-corrected chi connectivity index (χ2v) is 8.23. The lowest BCUT2D eigenvalue weighted by Gasteiger charge is -2.17. The van der Waals surface area contributed by atoms with Gasteiger partial charge in [0.05, 0.1) is 11.9 Å². The van der Waals surface area contributed by atoms with Gasteiger partial charge in [-0.15, -0.1) is 5.10 Å². The van der Waals surface area contributed by atoms with Crippen molar-refractivity contribution in [2.75, 3.05) is 28.6 Å². The van der Waals surface area contributed by atoms with Gasteiger partial charge >= 0.3 is 0 Å². The van der Waals surface area contributed by atoms with Crippen molar-refractivity contribution in [2.24, 2.45) is 0 Å². The van der Waals surface area contributed by atoms with Crippen LogP contribution in [0.3, 0.4) is 0 Å². The zero-order valence-electron chi connectivity index (χ0n) is 18.9. The first-order chi connectivity index (χ1) is 17.1. The van der Waals surface area contributed by atoms with E-state index in [4.69, 9.17) is 4.74 Å². The summed E-state index contributed by atoms with van der Waals surface area (Å²) in [6.07, 6.45) is 4.18. The minimum Gasteiger partial charge on any atom is -0.457 e. The molecule has 7 nitrogen and oxygen atoms in total. The van der Waals surface area contributed by atoms with E-state index in [1.54, 1.807) is 30.5 Å². The molecule has 4 aromatic rings. The van der Waals surface area contributed by atoms with E-state index in [0.29, 0.717) is 28.6 Å². The van der Waals surface area contributed by atoms with Crippen LogP contribution in [0.1, 0.15) is 23.2 Å². The number of nitrogens with one attached hydrogen (secondary N) is 2. The summed E-state index contributed by atoms with van der Waals surface area (Å²) in [6.45, 7) is 2.08. The molecule has 5 rings (SSSR count). The van der Waals surface area contributed by atoms with Crippen LogP contribution in [0.2, 0.25) is 0 Å². The van der Waals surface area contributed by atoms with Gasteiger partial charge in [-0.1, -0.05) is 6.07 Å². The highest BCUT2D eigenvalue weighted by atomic mass is 19.1. The van der Waals surface area contributed by atoms with E-state index in [0.717, 1.165) is 24.5 Å². The number of ether oxygens (including phenoxy) is 1. The number of amides is 1. The van der Waals surface area contributed by atoms with Crippen molar-refractivity contribution in [3.8, 4) is 11.5 Å². The fraction of sp³-hybridized carbons (Fsp3) is 0.148. The Morgan fingerprint density at radius 2 is 1.63 bits per heavy atom. The Morgan fingerprint density at radius 3 is 2.40 bits per heavy atom. The van der Waals surface area contributed by atoms with E-state index in [2.05, 4.69) is 25.7 Å². The predicted octanol–water partition coefficient (Wildman–Crippen LogP) is 6.00. The fourth-order valence-corrected chi connectivity index (χ4v) is 3.89. The molecule has 2 heterocycles. The first-order valence-electron chi connectivity index (χ1n) is 11.4. The topological polar surface area (TPSA) is 79.4 Å². The molecular weight excluding hydrogens is 445 g/mol. The molecule has 1 aliphatic heterocycles. The minimum absolute atomic E-state index is 0.264. The lowest BCUT2D eigenvalue weighted by molar-refractivity contribution is 0.102. The average Bonchev–Trinajstić information content (AvgIpc) is 3.42. The summed E-state index contributed by atoms with van der Waals surface area (Å²) in [5, 5.41) is 14.4. The zero-order valence-corrected chi connectivity index (χ0v) is 18.9. The van der Waals surface area contributed by atoms with Gasteiger partial charge in [0.15, 0.2) is 5.82 Å². The number of benzene rings is 3. The Hall–Kier alpha value is -4.46. The molecule has 8 heteroatoms. The van der Waals surface area contributed by atoms with Gasteiger partial charge in [0.1, 0.15) is 17.3 Å². The van der Waals surface area contributed by atoms with Gasteiger partial charge in [-0.25, -0.2) is 4.39 Å². The van der Waals surface area contributed by atoms with E-state index in [1.807, 2.05) is 30.3 Å². The van der Waals surface area contributed by atoms with Crippen LogP contribution in [-0.4, -0.2) is 29.2 Å². The van der Waals surface area contributed by atoms with Crippen LogP contribution < -0.4 is 20.3 Å². The smallest absolute Gasteiger partial charge is 0.255 e. The molecule has 0 unspecified atom stereocenters. The zero-order chi connectivity index (χ0) is 24.0. The highest BCUT2D eigenvalue weighted by molar-refractivity contribution is 6.04. The quantitative estimate of drug-likeness (QED) is 0.345. The van der Waals surface area contributed by atoms with Crippen molar-refractivity contribution >= 4 is 28.8 Å². The summed E-state index contributed by atoms with van der Waals surface area (Å²) in [5.41, 5.74) is 3.00. The number of carbonyl (C=O) groups excluding carboxylic acids is 1. The second kappa shape index (κ2) is 10.2. The summed E-state index contributed by atoms with van der Waals surface area (Å²) in [5.74, 6) is 1.04. The van der Waals surface area contributed by atoms with E-state index in [-0.39, 0.29) is 11.7 Å². The van der Waals surface area contributed by atoms with E-state index >= 15 is 0 Å². The maximum atomic E-state index is 13.1. The van der Waals surface area contributed by atoms with Gasteiger partial charge in [-0.3, -0.25) is 4.79 Å². The molecule has 0 spiro atoms. The lowest BCUT2D eigenvalue weighted by atomic mass is 10.2. The number of nitrogens with zero attached hydrogens (tertiary/aromatic N) is 3. The number of rotatable bonds is 7. The second-order valence-electron chi connectivity index (χ2n) is 8.23. The van der Waals surface area contributed by atoms with Crippen molar-refractivity contribution in [3.63, 3.8) is 0 Å². The SMILES string of the molecule is O=C(Nc1ccc(Nc2cc(N3CCCC3)cnn2)cc1)c1cccc(Oc2ccc(F)cc2)c1. The Kier molecular flexibility index (Phi) is 6.52. The molecule has 0 bridgehead atoms. The molecule has 0 saturated carbocycles. The van der Waals surface area contributed by atoms with Gasteiger partial charge in [0.2, 0.25) is 0 Å². The highest BCUT2D eigenvalue weighted by Gasteiger charge is 2.13. The summed E-state index contributed by atoms with van der Waals surface area (Å²) in [7, 11) is 0. The van der Waals surface area contributed by atoms with Crippen molar-refractivity contribution < 1.29 is 13.9 Å². The first kappa shape index (κ1) is 22.3. The van der Waals surface area contributed by atoms with Crippen LogP contribution in [0.4, 0.5) is 27.3 Å². The van der Waals surface area contributed by atoms with Crippen molar-refractivity contribution in [2.45, 2.75) is 12.8 Å². The molecule has 1 amide bonds. The van der Waals surface area contributed by atoms with E-state index in [1.165, 1.54) is 37.1 Å². The fourth-order valence-electron chi connectivity index (χ4n) is 3.89. The highest BCUT2D eigenvalue weighted by Crippen LogP contribution is 2.25. The van der Waals surface area contributed by atoms with Gasteiger partial charge in [0.25, 0.3) is 5.91 Å². The van der Waals surface area contributed by atoms with Crippen LogP contribution >= 0.6 is 0 Å². The number of aromatic nitrogens is 2. The summed E-state index contributed by atoms with van der Waals surface area (Å²) in [6, 6.07) is 21.9. The van der Waals surface area contributed by atoms with Gasteiger partial charge in [-0.05, 0) is 79.6 Å². The minimum atomic E-state index is -0.338. The maximum Gasteiger partial charge on any atom is 0.255 e. The number of hydrogen-bond donors (Lipinski definition) is 2. The number of carbonyl (C=O) groups is 1. The standard InChI is InChI=1S/C27H24FN5O2/c28-20-6-12-24(13-7-20)35-25-5-3-4-19(16-25)27(34)31-22-10-8-21(9-11-22)30-26-17-23(18-29-32-26)33-14-1-2-15-33/h3-13,16-18H,1-2,14-15H2,(H,30,32)(H,31,34). The monoisotopic (exact) mass is 469 g/mol. The Labute approximate surface area is 202 Å². The van der Waals surface area contributed by atoms with Crippen molar-refractivity contribution in [3.05, 3.63) is 96.4 Å². The van der Waals surface area contributed by atoms with Gasteiger partial charge in [0, 0.05) is 36.1 Å². The molecule has 1 fully saturated rings. The Bertz CT molecular complexity index is 1310. The molecule has 176 valence electrons. The third-order valence-electron chi connectivity index (χ3n) is 5.67. The molecule has 3 aromatic carbocycles. The van der Waals surface area contributed by atoms with Crippen LogP contribution in [0.5, 0.6) is 11.5 Å². The largest absolute Gasteiger partial charge is 0.457 e. The Balaban J connectivity index is 1.21. The predicted molar refractivity (Wildman–Crippen MR) is 134 cm³/mol. The van der Waals surface area contributed by atoms with Crippen LogP contribution in [0.15, 0.2) is 85.1 Å². The summed E-state index contributed by atoms with van der Waals surface area (Å²) < 4.78 is 18.8. The molecule has 1 aliphatic rings. The van der Waals surface area contributed by atoms with Crippen LogP contribution in [0, 0.1) is 5.82 Å². The Morgan fingerprint density at radius 1 is 0.886 bits per heavy atom. The lowest BCUT2D eigenvalue weighted by Crippen LogP contribution is -2.18. The normalized spacial score (nSPS) is 12.9. The molecule has 35 heavy (non-hydrogen) atoms.